The fraction of sp³-hybridized carbons (Fsp3) is 0.385. The average molecular weight is 373 g/mol. The Labute approximate surface area is 166 Å². The largest absolute Gasteiger partial charge is 0.0930 e. The first-order chi connectivity index (χ1) is 12.9. The molecule has 0 N–H and O–H groups in total. The molecule has 1 unspecified atom stereocenters. The molecule has 0 heterocycles. The Kier molecular flexibility index (Phi) is 4.54. The summed E-state index contributed by atoms with van der Waals surface area (Å²) in [6.07, 6.45) is 5.86. The minimum absolute atomic E-state index is 0.601. The maximum absolute atomic E-state index is 2.62. The average Bonchev–Trinajstić information content (AvgIpc) is 3.17. The van der Waals surface area contributed by atoms with Crippen molar-refractivity contribution in [2.24, 2.45) is 0 Å². The van der Waals surface area contributed by atoms with Gasteiger partial charge in [-0.2, -0.15) is 0 Å². The third kappa shape index (κ3) is 2.70. The van der Waals surface area contributed by atoms with E-state index in [0.717, 1.165) is 19.3 Å². The minimum atomic E-state index is -1.75. The molecular formula is C26H32Si. The Bertz CT molecular complexity index is 972. The van der Waals surface area contributed by atoms with Gasteiger partial charge in [0.1, 0.15) is 0 Å². The number of hydrogen-bond acceptors (Lipinski definition) is 0. The molecule has 4 rings (SSSR count). The van der Waals surface area contributed by atoms with Crippen LogP contribution in [0.5, 0.6) is 0 Å². The molecule has 2 aromatic carbocycles. The van der Waals surface area contributed by atoms with Crippen molar-refractivity contribution in [2.45, 2.75) is 65.6 Å². The normalized spacial score (nSPS) is 18.6. The number of fused-ring (bicyclic) bond motifs is 2. The standard InChI is InChI=1S/C26H32Si/c1-7-19-11-9-13-21-15-17(3)25(23(19)21)27(5,6)26-18(4)16-22-14-10-12-20(8-2)24(22)26/h9-15,25H,7-8,16H2,1-6H3. The Morgan fingerprint density at radius 2 is 1.59 bits per heavy atom. The summed E-state index contributed by atoms with van der Waals surface area (Å²) in [6.45, 7) is 14.6. The molecule has 0 saturated carbocycles. The van der Waals surface area contributed by atoms with E-state index in [9.17, 15) is 0 Å². The summed E-state index contributed by atoms with van der Waals surface area (Å²) in [5.74, 6) is 0. The summed E-state index contributed by atoms with van der Waals surface area (Å²) in [5.41, 5.74) is 13.2. The van der Waals surface area contributed by atoms with Crippen LogP contribution in [0.4, 0.5) is 0 Å². The topological polar surface area (TPSA) is 0 Å². The molecule has 0 spiro atoms. The van der Waals surface area contributed by atoms with Gasteiger partial charge in [-0.05, 0) is 66.5 Å². The van der Waals surface area contributed by atoms with E-state index in [4.69, 9.17) is 0 Å². The highest BCUT2D eigenvalue weighted by Crippen LogP contribution is 2.51. The number of allylic oxidation sites excluding steroid dienone is 2. The third-order valence-corrected chi connectivity index (χ3v) is 11.0. The van der Waals surface area contributed by atoms with Crippen LogP contribution in [0.2, 0.25) is 13.1 Å². The van der Waals surface area contributed by atoms with Crippen LogP contribution in [-0.4, -0.2) is 8.07 Å². The van der Waals surface area contributed by atoms with Crippen molar-refractivity contribution in [3.8, 4) is 0 Å². The summed E-state index contributed by atoms with van der Waals surface area (Å²) in [5, 5.41) is 1.74. The van der Waals surface area contributed by atoms with Crippen molar-refractivity contribution in [3.63, 3.8) is 0 Å². The maximum Gasteiger partial charge on any atom is 0.0930 e. The van der Waals surface area contributed by atoms with E-state index < -0.39 is 8.07 Å². The molecule has 1 atom stereocenters. The smallest absolute Gasteiger partial charge is 0.0690 e. The van der Waals surface area contributed by atoms with E-state index in [2.05, 4.69) is 83.3 Å². The number of aryl methyl sites for hydroxylation is 2. The van der Waals surface area contributed by atoms with Crippen molar-refractivity contribution in [1.82, 2.24) is 0 Å². The van der Waals surface area contributed by atoms with E-state index in [1.807, 2.05) is 0 Å². The van der Waals surface area contributed by atoms with Crippen LogP contribution >= 0.6 is 0 Å². The van der Waals surface area contributed by atoms with Crippen LogP contribution in [0.25, 0.3) is 11.3 Å². The molecule has 2 aliphatic rings. The summed E-state index contributed by atoms with van der Waals surface area (Å²) < 4.78 is 0. The molecule has 0 aromatic heterocycles. The lowest BCUT2D eigenvalue weighted by atomic mass is 10.00. The van der Waals surface area contributed by atoms with Gasteiger partial charge in [0.05, 0.1) is 8.07 Å². The first-order valence-corrected chi connectivity index (χ1v) is 13.6. The molecule has 0 saturated heterocycles. The molecule has 0 nitrogen and oxygen atoms in total. The Morgan fingerprint density at radius 3 is 2.30 bits per heavy atom. The molecule has 2 aliphatic carbocycles. The molecule has 2 aromatic rings. The molecule has 1 heteroatoms. The number of hydrogen-bond donors (Lipinski definition) is 0. The van der Waals surface area contributed by atoms with E-state index in [1.54, 1.807) is 44.2 Å². The summed E-state index contributed by atoms with van der Waals surface area (Å²) in [6, 6.07) is 13.9. The first kappa shape index (κ1) is 18.5. The lowest BCUT2D eigenvalue weighted by molar-refractivity contribution is 1.01. The second kappa shape index (κ2) is 6.63. The molecule has 0 aliphatic heterocycles. The molecule has 140 valence electrons. The first-order valence-electron chi connectivity index (χ1n) is 10.5. The Morgan fingerprint density at radius 1 is 0.926 bits per heavy atom. The highest BCUT2D eigenvalue weighted by Gasteiger charge is 2.44. The van der Waals surface area contributed by atoms with Crippen molar-refractivity contribution < 1.29 is 0 Å². The van der Waals surface area contributed by atoms with Gasteiger partial charge in [-0.1, -0.05) is 85.8 Å². The molecular weight excluding hydrogens is 340 g/mol. The minimum Gasteiger partial charge on any atom is -0.0690 e. The zero-order valence-electron chi connectivity index (χ0n) is 17.7. The number of rotatable bonds is 4. The second-order valence-corrected chi connectivity index (χ2v) is 13.5. The second-order valence-electron chi connectivity index (χ2n) is 8.95. The predicted octanol–water partition coefficient (Wildman–Crippen LogP) is 7.13. The van der Waals surface area contributed by atoms with Crippen molar-refractivity contribution in [1.29, 1.82) is 0 Å². The summed E-state index contributed by atoms with van der Waals surface area (Å²) >= 11 is 0. The van der Waals surface area contributed by atoms with Crippen molar-refractivity contribution in [3.05, 3.63) is 80.9 Å². The monoisotopic (exact) mass is 372 g/mol. The van der Waals surface area contributed by atoms with Gasteiger partial charge in [0, 0.05) is 5.54 Å². The van der Waals surface area contributed by atoms with Crippen LogP contribution in [0.1, 0.15) is 66.6 Å². The zero-order chi connectivity index (χ0) is 19.3. The fourth-order valence-corrected chi connectivity index (χ4v) is 10.7. The van der Waals surface area contributed by atoms with Gasteiger partial charge in [-0.15, -0.1) is 0 Å². The Hall–Kier alpha value is -1.86. The molecule has 0 radical (unpaired) electrons. The Balaban J connectivity index is 1.91. The van der Waals surface area contributed by atoms with E-state index in [0.29, 0.717) is 5.54 Å². The van der Waals surface area contributed by atoms with Gasteiger partial charge in [-0.25, -0.2) is 0 Å². The molecule has 0 amide bonds. The highest BCUT2D eigenvalue weighted by atomic mass is 28.3. The van der Waals surface area contributed by atoms with Crippen LogP contribution in [-0.2, 0) is 19.3 Å². The van der Waals surface area contributed by atoms with Crippen LogP contribution in [0, 0.1) is 0 Å². The van der Waals surface area contributed by atoms with E-state index in [-0.39, 0.29) is 0 Å². The zero-order valence-corrected chi connectivity index (χ0v) is 18.7. The lowest BCUT2D eigenvalue weighted by Crippen LogP contribution is -2.38. The highest BCUT2D eigenvalue weighted by molar-refractivity contribution is 6.96. The summed E-state index contributed by atoms with van der Waals surface area (Å²) in [7, 11) is -1.75. The van der Waals surface area contributed by atoms with Crippen molar-refractivity contribution in [2.75, 3.05) is 0 Å². The SMILES string of the molecule is CCc1cccc2c1C([Si](C)(C)C1C(C)=Cc3cccc(CC)c31)=C(C)C2. The molecule has 27 heavy (non-hydrogen) atoms. The van der Waals surface area contributed by atoms with Crippen molar-refractivity contribution >= 4 is 19.3 Å². The van der Waals surface area contributed by atoms with Gasteiger partial charge in [0.25, 0.3) is 0 Å². The van der Waals surface area contributed by atoms with Gasteiger partial charge in [0.2, 0.25) is 0 Å². The van der Waals surface area contributed by atoms with Gasteiger partial charge >= 0.3 is 0 Å². The lowest BCUT2D eigenvalue weighted by Gasteiger charge is -2.36. The fourth-order valence-electron chi connectivity index (χ4n) is 5.93. The quantitative estimate of drug-likeness (QED) is 0.501. The molecule has 0 bridgehead atoms. The van der Waals surface area contributed by atoms with Crippen LogP contribution in [0.3, 0.4) is 0 Å². The van der Waals surface area contributed by atoms with Crippen LogP contribution in [0.15, 0.2) is 47.5 Å². The van der Waals surface area contributed by atoms with Gasteiger partial charge in [-0.3, -0.25) is 0 Å². The van der Waals surface area contributed by atoms with Gasteiger partial charge in [0.15, 0.2) is 0 Å². The van der Waals surface area contributed by atoms with E-state index >= 15 is 0 Å². The predicted molar refractivity (Wildman–Crippen MR) is 122 cm³/mol. The number of benzene rings is 2. The van der Waals surface area contributed by atoms with Gasteiger partial charge < -0.3 is 0 Å². The van der Waals surface area contributed by atoms with E-state index in [1.165, 1.54) is 5.56 Å². The summed E-state index contributed by atoms with van der Waals surface area (Å²) in [4.78, 5) is 0. The maximum atomic E-state index is 2.62. The third-order valence-electron chi connectivity index (χ3n) is 6.85. The molecule has 0 fully saturated rings. The van der Waals surface area contributed by atoms with Crippen LogP contribution < -0.4 is 0 Å².